The minimum atomic E-state index is -0.0994. The molecule has 0 N–H and O–H groups in total. The molecule has 0 amide bonds. The van der Waals surface area contributed by atoms with Crippen molar-refractivity contribution in [3.05, 3.63) is 64.7 Å². The first-order valence-corrected chi connectivity index (χ1v) is 8.55. The summed E-state index contributed by atoms with van der Waals surface area (Å²) >= 11 is 5.84. The van der Waals surface area contributed by atoms with E-state index >= 15 is 0 Å². The maximum absolute atomic E-state index is 9.08. The van der Waals surface area contributed by atoms with Gasteiger partial charge in [-0.25, -0.2) is 0 Å². The molecule has 4 heteroatoms. The van der Waals surface area contributed by atoms with Gasteiger partial charge in [-0.3, -0.25) is 0 Å². The van der Waals surface area contributed by atoms with Gasteiger partial charge in [-0.2, -0.15) is 0 Å². The summed E-state index contributed by atoms with van der Waals surface area (Å²) in [5.41, 5.74) is 2.28. The number of ether oxygens (including phenoxy) is 1. The van der Waals surface area contributed by atoms with E-state index in [1.165, 1.54) is 5.56 Å². The zero-order chi connectivity index (χ0) is 13.9. The SMILES string of the molecule is N#C[Se][C@@H]1Cc2ccccc2O[C@H]1c1ccc(Cl)cc1. The molecule has 0 bridgehead atoms. The topological polar surface area (TPSA) is 33.0 Å². The van der Waals surface area contributed by atoms with Crippen molar-refractivity contribution in [2.45, 2.75) is 17.3 Å². The standard InChI is InChI=1S/C16H12ClNOSe/c17-13-7-5-11(6-8-13)16-15(20-10-18)9-12-3-1-2-4-14(12)19-16/h1-8,15-16H,9H2/t15-,16+/m1/s1. The Morgan fingerprint density at radius 3 is 2.65 bits per heavy atom. The van der Waals surface area contributed by atoms with Crippen LogP contribution in [0.3, 0.4) is 0 Å². The van der Waals surface area contributed by atoms with Crippen molar-refractivity contribution < 1.29 is 4.74 Å². The number of hydrogen-bond donors (Lipinski definition) is 0. The summed E-state index contributed by atoms with van der Waals surface area (Å²) in [5, 5.41) is 9.79. The van der Waals surface area contributed by atoms with Crippen LogP contribution in [-0.4, -0.2) is 15.0 Å². The van der Waals surface area contributed by atoms with E-state index in [1.807, 2.05) is 42.5 Å². The number of nitrogens with zero attached hydrogens (tertiary/aromatic N) is 1. The average molecular weight is 349 g/mol. The average Bonchev–Trinajstić information content (AvgIpc) is 2.48. The van der Waals surface area contributed by atoms with Crippen LogP contribution >= 0.6 is 11.6 Å². The van der Waals surface area contributed by atoms with Crippen LogP contribution in [0.15, 0.2) is 48.5 Å². The Hall–Kier alpha value is -1.46. The van der Waals surface area contributed by atoms with E-state index in [4.69, 9.17) is 21.6 Å². The van der Waals surface area contributed by atoms with Gasteiger partial charge in [0.15, 0.2) is 0 Å². The fourth-order valence-corrected chi connectivity index (χ4v) is 4.10. The molecule has 20 heavy (non-hydrogen) atoms. The van der Waals surface area contributed by atoms with Crippen LogP contribution in [-0.2, 0) is 6.42 Å². The molecular formula is C16H12ClNOSe. The molecule has 0 spiro atoms. The second-order valence-corrected chi connectivity index (χ2v) is 7.23. The van der Waals surface area contributed by atoms with Crippen LogP contribution in [0, 0.1) is 10.2 Å². The molecule has 100 valence electrons. The molecule has 0 fully saturated rings. The normalized spacial score (nSPS) is 20.6. The van der Waals surface area contributed by atoms with Crippen molar-refractivity contribution in [1.29, 1.82) is 5.26 Å². The Kier molecular flexibility index (Phi) is 3.98. The van der Waals surface area contributed by atoms with E-state index in [-0.39, 0.29) is 25.9 Å². The summed E-state index contributed by atoms with van der Waals surface area (Å²) < 4.78 is 6.14. The number of rotatable bonds is 2. The van der Waals surface area contributed by atoms with Crippen molar-refractivity contribution in [3.8, 4) is 10.7 Å². The Bertz CT molecular complexity index is 650. The van der Waals surface area contributed by atoms with Gasteiger partial charge in [-0.05, 0) is 0 Å². The van der Waals surface area contributed by atoms with Gasteiger partial charge in [-0.1, -0.05) is 0 Å². The van der Waals surface area contributed by atoms with E-state index < -0.39 is 0 Å². The van der Waals surface area contributed by atoms with E-state index in [0.29, 0.717) is 5.02 Å². The van der Waals surface area contributed by atoms with E-state index in [0.717, 1.165) is 17.7 Å². The van der Waals surface area contributed by atoms with E-state index in [9.17, 15) is 0 Å². The maximum atomic E-state index is 9.08. The Labute approximate surface area is 129 Å². The third-order valence-electron chi connectivity index (χ3n) is 3.39. The fraction of sp³-hybridized carbons (Fsp3) is 0.188. The summed E-state index contributed by atoms with van der Waals surface area (Å²) in [6.45, 7) is 0. The van der Waals surface area contributed by atoms with Crippen molar-refractivity contribution >= 4 is 26.6 Å². The molecule has 2 aromatic rings. The molecule has 0 radical (unpaired) electrons. The number of fused-ring (bicyclic) bond motifs is 1. The third-order valence-corrected chi connectivity index (χ3v) is 5.36. The first-order chi connectivity index (χ1) is 9.78. The second-order valence-electron chi connectivity index (χ2n) is 4.65. The summed E-state index contributed by atoms with van der Waals surface area (Å²) in [6.07, 6.45) is 0.846. The number of nitriles is 1. The number of benzene rings is 2. The quantitative estimate of drug-likeness (QED) is 0.769. The summed E-state index contributed by atoms with van der Waals surface area (Å²) in [6, 6.07) is 15.8. The molecule has 1 aliphatic rings. The monoisotopic (exact) mass is 349 g/mol. The molecule has 0 saturated carbocycles. The molecule has 0 aliphatic carbocycles. The van der Waals surface area contributed by atoms with Gasteiger partial charge in [0.25, 0.3) is 0 Å². The minimum absolute atomic E-state index is 0.0539. The van der Waals surface area contributed by atoms with Gasteiger partial charge < -0.3 is 0 Å². The molecular weight excluding hydrogens is 337 g/mol. The number of para-hydroxylation sites is 1. The van der Waals surface area contributed by atoms with Crippen LogP contribution in [0.5, 0.6) is 5.75 Å². The van der Waals surface area contributed by atoms with Crippen molar-refractivity contribution in [3.63, 3.8) is 0 Å². The van der Waals surface area contributed by atoms with Crippen LogP contribution in [0.2, 0.25) is 9.84 Å². The molecule has 0 aromatic heterocycles. The molecule has 0 unspecified atom stereocenters. The van der Waals surface area contributed by atoms with E-state index in [1.54, 1.807) is 0 Å². The van der Waals surface area contributed by atoms with Gasteiger partial charge in [0.2, 0.25) is 0 Å². The summed E-state index contributed by atoms with van der Waals surface area (Å²) in [7, 11) is 0. The Morgan fingerprint density at radius 2 is 1.90 bits per heavy atom. The predicted octanol–water partition coefficient (Wildman–Crippen LogP) is 3.99. The Balaban J connectivity index is 1.96. The third kappa shape index (κ3) is 2.69. The van der Waals surface area contributed by atoms with Gasteiger partial charge in [0, 0.05) is 0 Å². The molecule has 2 aromatic carbocycles. The van der Waals surface area contributed by atoms with Crippen LogP contribution in [0.1, 0.15) is 17.2 Å². The van der Waals surface area contributed by atoms with Crippen LogP contribution < -0.4 is 4.74 Å². The van der Waals surface area contributed by atoms with Gasteiger partial charge in [0.05, 0.1) is 0 Å². The van der Waals surface area contributed by atoms with Crippen molar-refractivity contribution in [1.82, 2.24) is 0 Å². The molecule has 1 heterocycles. The summed E-state index contributed by atoms with van der Waals surface area (Å²) in [4.78, 5) is 2.58. The summed E-state index contributed by atoms with van der Waals surface area (Å²) in [5.74, 6) is 0.928. The van der Waals surface area contributed by atoms with Crippen LogP contribution in [0.4, 0.5) is 0 Å². The van der Waals surface area contributed by atoms with Crippen molar-refractivity contribution in [2.24, 2.45) is 0 Å². The molecule has 2 atom stereocenters. The first kappa shape index (κ1) is 13.5. The van der Waals surface area contributed by atoms with Gasteiger partial charge in [0.1, 0.15) is 0 Å². The molecule has 2 nitrogen and oxygen atoms in total. The number of halogens is 1. The molecule has 0 saturated heterocycles. The zero-order valence-corrected chi connectivity index (χ0v) is 13.1. The van der Waals surface area contributed by atoms with Crippen LogP contribution in [0.25, 0.3) is 0 Å². The number of hydrogen-bond acceptors (Lipinski definition) is 2. The van der Waals surface area contributed by atoms with E-state index in [2.05, 4.69) is 11.0 Å². The first-order valence-electron chi connectivity index (χ1n) is 6.32. The van der Waals surface area contributed by atoms with Crippen molar-refractivity contribution in [2.75, 3.05) is 0 Å². The zero-order valence-electron chi connectivity index (χ0n) is 10.6. The second kappa shape index (κ2) is 5.89. The Morgan fingerprint density at radius 1 is 1.15 bits per heavy atom. The predicted molar refractivity (Wildman–Crippen MR) is 80.1 cm³/mol. The fourth-order valence-electron chi connectivity index (χ4n) is 2.43. The molecule has 1 aliphatic heterocycles. The molecule has 3 rings (SSSR count). The van der Waals surface area contributed by atoms with Gasteiger partial charge >= 0.3 is 129 Å². The van der Waals surface area contributed by atoms with Gasteiger partial charge in [-0.15, -0.1) is 0 Å².